The van der Waals surface area contributed by atoms with Crippen molar-refractivity contribution in [3.8, 4) is 0 Å². The van der Waals surface area contributed by atoms with Crippen LogP contribution >= 0.6 is 0 Å². The Morgan fingerprint density at radius 2 is 2.19 bits per heavy atom. The van der Waals surface area contributed by atoms with Crippen molar-refractivity contribution < 1.29 is 4.21 Å². The summed E-state index contributed by atoms with van der Waals surface area (Å²) in [5.41, 5.74) is 1.03. The highest BCUT2D eigenvalue weighted by Gasteiger charge is 2.06. The molecule has 0 amide bonds. The van der Waals surface area contributed by atoms with Crippen LogP contribution in [0.3, 0.4) is 0 Å². The summed E-state index contributed by atoms with van der Waals surface area (Å²) in [6, 6.07) is 2.41. The molecule has 0 saturated heterocycles. The van der Waals surface area contributed by atoms with Crippen LogP contribution in [-0.2, 0) is 17.3 Å². The minimum atomic E-state index is -0.758. The van der Waals surface area contributed by atoms with Gasteiger partial charge in [-0.2, -0.15) is 5.10 Å². The van der Waals surface area contributed by atoms with Crippen LogP contribution in [0.1, 0.15) is 32.5 Å². The molecule has 0 saturated carbocycles. The average Bonchev–Trinajstić information content (AvgIpc) is 2.66. The summed E-state index contributed by atoms with van der Waals surface area (Å²) < 4.78 is 13.1. The van der Waals surface area contributed by atoms with E-state index >= 15 is 0 Å². The van der Waals surface area contributed by atoms with E-state index in [0.29, 0.717) is 6.04 Å². The van der Waals surface area contributed by atoms with Gasteiger partial charge in [-0.25, -0.2) is 0 Å². The number of nitrogens with zero attached hydrogens (tertiary/aromatic N) is 2. The van der Waals surface area contributed by atoms with E-state index in [2.05, 4.69) is 24.3 Å². The lowest BCUT2D eigenvalue weighted by Gasteiger charge is -2.08. The summed E-state index contributed by atoms with van der Waals surface area (Å²) in [4.78, 5) is 0. The molecule has 0 aliphatic heterocycles. The molecule has 0 bridgehead atoms. The van der Waals surface area contributed by atoms with Crippen LogP contribution in [0.15, 0.2) is 12.3 Å². The van der Waals surface area contributed by atoms with Crippen molar-refractivity contribution in [2.45, 2.75) is 38.6 Å². The molecule has 1 aromatic rings. The minimum Gasteiger partial charge on any atom is -0.310 e. The van der Waals surface area contributed by atoms with Crippen LogP contribution in [0, 0.1) is 0 Å². The van der Waals surface area contributed by atoms with Crippen molar-refractivity contribution in [1.82, 2.24) is 15.1 Å². The number of hydrogen-bond donors (Lipinski definition) is 1. The van der Waals surface area contributed by atoms with Gasteiger partial charge in [0.2, 0.25) is 0 Å². The van der Waals surface area contributed by atoms with Crippen LogP contribution in [0.4, 0.5) is 0 Å². The Morgan fingerprint density at radius 3 is 2.69 bits per heavy atom. The third-order valence-corrected chi connectivity index (χ3v) is 3.80. The molecule has 0 aliphatic rings. The second kappa shape index (κ2) is 6.15. The van der Waals surface area contributed by atoms with Gasteiger partial charge in [0, 0.05) is 47.6 Å². The van der Waals surface area contributed by atoms with Crippen LogP contribution in [0.5, 0.6) is 0 Å². The molecule has 5 heteroatoms. The molecule has 0 radical (unpaired) electrons. The van der Waals surface area contributed by atoms with Crippen molar-refractivity contribution in [3.05, 3.63) is 18.0 Å². The summed E-state index contributed by atoms with van der Waals surface area (Å²) in [6.07, 6.45) is 3.73. The van der Waals surface area contributed by atoms with E-state index in [-0.39, 0.29) is 5.25 Å². The monoisotopic (exact) mass is 243 g/mol. The average molecular weight is 243 g/mol. The van der Waals surface area contributed by atoms with Crippen molar-refractivity contribution >= 4 is 10.8 Å². The molecule has 2 unspecified atom stereocenters. The maximum Gasteiger partial charge on any atom is 0.0762 e. The molecular weight excluding hydrogens is 222 g/mol. The predicted molar refractivity (Wildman–Crippen MR) is 67.8 cm³/mol. The molecular formula is C11H21N3OS. The third kappa shape index (κ3) is 4.06. The Kier molecular flexibility index (Phi) is 5.15. The summed E-state index contributed by atoms with van der Waals surface area (Å²) >= 11 is 0. The van der Waals surface area contributed by atoms with Gasteiger partial charge in [0.15, 0.2) is 0 Å². The largest absolute Gasteiger partial charge is 0.310 e. The zero-order valence-corrected chi connectivity index (χ0v) is 11.3. The third-order valence-electron chi connectivity index (χ3n) is 2.50. The maximum absolute atomic E-state index is 11.1. The molecule has 1 N–H and O–H groups in total. The van der Waals surface area contributed by atoms with E-state index in [1.165, 1.54) is 0 Å². The SMILES string of the molecule is CC(C)n1ccc(CNCC(C)S(C)=O)n1. The van der Waals surface area contributed by atoms with Crippen LogP contribution < -0.4 is 5.32 Å². The molecule has 0 fully saturated rings. The van der Waals surface area contributed by atoms with Gasteiger partial charge in [-0.3, -0.25) is 8.89 Å². The van der Waals surface area contributed by atoms with Crippen LogP contribution in [0.2, 0.25) is 0 Å². The first-order valence-electron chi connectivity index (χ1n) is 5.57. The van der Waals surface area contributed by atoms with Gasteiger partial charge in [-0.05, 0) is 26.8 Å². The predicted octanol–water partition coefficient (Wildman–Crippen LogP) is 1.32. The Balaban J connectivity index is 2.34. The molecule has 0 spiro atoms. The Morgan fingerprint density at radius 1 is 1.50 bits per heavy atom. The zero-order valence-electron chi connectivity index (χ0n) is 10.4. The van der Waals surface area contributed by atoms with Crippen molar-refractivity contribution in [1.29, 1.82) is 0 Å². The normalized spacial score (nSPS) is 15.3. The number of nitrogens with one attached hydrogen (secondary N) is 1. The fraction of sp³-hybridized carbons (Fsp3) is 0.727. The molecule has 1 heterocycles. The molecule has 1 aromatic heterocycles. The van der Waals surface area contributed by atoms with Gasteiger partial charge in [-0.1, -0.05) is 0 Å². The second-order valence-electron chi connectivity index (χ2n) is 4.32. The minimum absolute atomic E-state index is 0.187. The zero-order chi connectivity index (χ0) is 12.1. The van der Waals surface area contributed by atoms with E-state index in [9.17, 15) is 4.21 Å². The first-order valence-corrected chi connectivity index (χ1v) is 7.19. The lowest BCUT2D eigenvalue weighted by molar-refractivity contribution is 0.521. The lowest BCUT2D eigenvalue weighted by atomic mass is 10.4. The highest BCUT2D eigenvalue weighted by Crippen LogP contribution is 2.03. The van der Waals surface area contributed by atoms with E-state index in [1.54, 1.807) is 6.26 Å². The first-order chi connectivity index (χ1) is 7.50. The highest BCUT2D eigenvalue weighted by atomic mass is 32.2. The van der Waals surface area contributed by atoms with Crippen molar-refractivity contribution in [2.75, 3.05) is 12.8 Å². The molecule has 0 aliphatic carbocycles. The Bertz CT molecular complexity index is 349. The van der Waals surface area contributed by atoms with E-state index in [4.69, 9.17) is 0 Å². The van der Waals surface area contributed by atoms with Crippen LogP contribution in [-0.4, -0.2) is 32.0 Å². The fourth-order valence-corrected chi connectivity index (χ4v) is 1.63. The quantitative estimate of drug-likeness (QED) is 0.819. The molecule has 2 atom stereocenters. The summed E-state index contributed by atoms with van der Waals surface area (Å²) in [6.45, 7) is 7.69. The first kappa shape index (κ1) is 13.4. The van der Waals surface area contributed by atoms with E-state index < -0.39 is 10.8 Å². The van der Waals surface area contributed by atoms with Crippen LogP contribution in [0.25, 0.3) is 0 Å². The standard InChI is InChI=1S/C11H21N3OS/c1-9(2)14-6-5-11(13-14)8-12-7-10(3)16(4)15/h5-6,9-10,12H,7-8H2,1-4H3. The maximum atomic E-state index is 11.1. The van der Waals surface area contributed by atoms with Gasteiger partial charge in [0.25, 0.3) is 0 Å². The number of aromatic nitrogens is 2. The Hall–Kier alpha value is -0.680. The van der Waals surface area contributed by atoms with Gasteiger partial charge < -0.3 is 5.32 Å². The molecule has 4 nitrogen and oxygen atoms in total. The molecule has 0 aromatic carbocycles. The molecule has 16 heavy (non-hydrogen) atoms. The van der Waals surface area contributed by atoms with Crippen molar-refractivity contribution in [2.24, 2.45) is 0 Å². The summed E-state index contributed by atoms with van der Waals surface area (Å²) in [7, 11) is -0.758. The van der Waals surface area contributed by atoms with E-state index in [0.717, 1.165) is 18.8 Å². The highest BCUT2D eigenvalue weighted by molar-refractivity contribution is 7.84. The summed E-state index contributed by atoms with van der Waals surface area (Å²) in [5, 5.41) is 7.88. The summed E-state index contributed by atoms with van der Waals surface area (Å²) in [5.74, 6) is 0. The number of hydrogen-bond acceptors (Lipinski definition) is 3. The van der Waals surface area contributed by atoms with Gasteiger partial charge in [0.05, 0.1) is 5.69 Å². The fourth-order valence-electron chi connectivity index (χ4n) is 1.28. The molecule has 1 rings (SSSR count). The van der Waals surface area contributed by atoms with Gasteiger partial charge in [-0.15, -0.1) is 0 Å². The van der Waals surface area contributed by atoms with Crippen molar-refractivity contribution in [3.63, 3.8) is 0 Å². The van der Waals surface area contributed by atoms with Gasteiger partial charge in [0.1, 0.15) is 0 Å². The smallest absolute Gasteiger partial charge is 0.0762 e. The molecule has 92 valence electrons. The Labute approximate surface area is 99.9 Å². The lowest BCUT2D eigenvalue weighted by Crippen LogP contribution is -2.27. The van der Waals surface area contributed by atoms with E-state index in [1.807, 2.05) is 23.9 Å². The topological polar surface area (TPSA) is 46.9 Å². The van der Waals surface area contributed by atoms with Gasteiger partial charge >= 0.3 is 0 Å². The second-order valence-corrected chi connectivity index (χ2v) is 6.12. The number of rotatable bonds is 6.